The van der Waals surface area contributed by atoms with Crippen LogP contribution >= 0.6 is 79.5 Å². The molecule has 1 N–H and O–H groups in total. The number of fused-ring (bicyclic) bond motifs is 1. The van der Waals surface area contributed by atoms with Crippen LogP contribution in [0.1, 0.15) is 18.4 Å². The van der Waals surface area contributed by atoms with Crippen molar-refractivity contribution in [1.82, 2.24) is 4.90 Å². The zero-order valence-corrected chi connectivity index (χ0v) is 18.8. The van der Waals surface area contributed by atoms with E-state index in [4.69, 9.17) is 0 Å². The molecule has 0 amide bonds. The van der Waals surface area contributed by atoms with Crippen LogP contribution in [0.15, 0.2) is 11.1 Å². The number of nitrogens with one attached hydrogen (secondary N) is 1. The smallest absolute Gasteiger partial charge is 0.161 e. The lowest BCUT2D eigenvalue weighted by atomic mass is 10.1. The van der Waals surface area contributed by atoms with E-state index in [-0.39, 0.29) is 0 Å². The molecule has 1 aromatic carbocycles. The lowest BCUT2D eigenvalue weighted by Gasteiger charge is -2.21. The van der Waals surface area contributed by atoms with Crippen molar-refractivity contribution in [2.75, 3.05) is 30.7 Å². The Kier molecular flexibility index (Phi) is 6.36. The van der Waals surface area contributed by atoms with Crippen molar-refractivity contribution in [2.45, 2.75) is 19.4 Å². The molecule has 0 spiro atoms. The van der Waals surface area contributed by atoms with E-state index in [1.165, 1.54) is 54.4 Å². The van der Waals surface area contributed by atoms with E-state index in [9.17, 15) is 0 Å². The summed E-state index contributed by atoms with van der Waals surface area (Å²) >= 11 is 9.13. The van der Waals surface area contributed by atoms with Crippen molar-refractivity contribution >= 4 is 90.4 Å². The van der Waals surface area contributed by atoms with Gasteiger partial charge in [-0.2, -0.15) is 0 Å². The second-order valence-corrected chi connectivity index (χ2v) is 9.57. The fourth-order valence-corrected chi connectivity index (χ4v) is 5.80. The van der Waals surface area contributed by atoms with Gasteiger partial charge in [-0.25, -0.2) is 0 Å². The average Bonchev–Trinajstić information content (AvgIpc) is 2.99. The number of halogens is 3. The van der Waals surface area contributed by atoms with E-state index in [0.29, 0.717) is 0 Å². The van der Waals surface area contributed by atoms with Crippen LogP contribution in [0.4, 0.5) is 5.69 Å². The molecule has 2 aliphatic rings. The maximum absolute atomic E-state index is 4.69. The highest BCUT2D eigenvalue weighted by molar-refractivity contribution is 14.1. The molecule has 0 aromatic heterocycles. The molecule has 7 heteroatoms. The van der Waals surface area contributed by atoms with Crippen molar-refractivity contribution in [1.29, 1.82) is 0 Å². The average molecular weight is 639 g/mol. The van der Waals surface area contributed by atoms with Gasteiger partial charge in [0, 0.05) is 19.4 Å². The topological polar surface area (TPSA) is 27.6 Å². The van der Waals surface area contributed by atoms with Crippen LogP contribution in [0.5, 0.6) is 0 Å². The molecule has 1 fully saturated rings. The normalized spacial score (nSPS) is 18.3. The van der Waals surface area contributed by atoms with E-state index in [2.05, 4.69) is 89.0 Å². The Morgan fingerprint density at radius 3 is 2.71 bits per heavy atom. The monoisotopic (exact) mass is 639 g/mol. The molecule has 0 saturated carbocycles. The molecule has 2 heterocycles. The summed E-state index contributed by atoms with van der Waals surface area (Å²) in [6.45, 7) is 4.53. The maximum atomic E-state index is 4.69. The van der Waals surface area contributed by atoms with E-state index in [1.54, 1.807) is 0 Å². The Morgan fingerprint density at radius 1 is 1.19 bits per heavy atom. The van der Waals surface area contributed by atoms with E-state index < -0.39 is 0 Å². The van der Waals surface area contributed by atoms with Gasteiger partial charge in [-0.15, -0.1) is 0 Å². The van der Waals surface area contributed by atoms with Gasteiger partial charge in [-0.05, 0) is 105 Å². The van der Waals surface area contributed by atoms with Gasteiger partial charge in [-0.1, -0.05) is 11.8 Å². The molecule has 0 radical (unpaired) electrons. The first kappa shape index (κ1) is 17.0. The fraction of sp³-hybridized carbons (Fsp3) is 0.500. The number of hydrogen-bond acceptors (Lipinski definition) is 4. The van der Waals surface area contributed by atoms with Crippen molar-refractivity contribution in [2.24, 2.45) is 4.99 Å². The van der Waals surface area contributed by atoms with Gasteiger partial charge in [-0.3, -0.25) is 4.99 Å². The minimum atomic E-state index is 0.803. The summed E-state index contributed by atoms with van der Waals surface area (Å²) in [5.74, 6) is 1.12. The third-order valence-corrected chi connectivity index (χ3v) is 9.72. The molecule has 0 aliphatic carbocycles. The van der Waals surface area contributed by atoms with Crippen LogP contribution < -0.4 is 5.32 Å². The molecule has 114 valence electrons. The van der Waals surface area contributed by atoms with E-state index in [1.807, 2.05) is 11.8 Å². The molecule has 3 nitrogen and oxygen atoms in total. The molecule has 21 heavy (non-hydrogen) atoms. The maximum Gasteiger partial charge on any atom is 0.161 e. The van der Waals surface area contributed by atoms with Gasteiger partial charge >= 0.3 is 0 Å². The predicted octanol–water partition coefficient (Wildman–Crippen LogP) is 4.61. The molecular formula is C14H16I3N3S. The largest absolute Gasteiger partial charge is 0.334 e. The number of anilines is 1. The first-order valence-electron chi connectivity index (χ1n) is 6.98. The van der Waals surface area contributed by atoms with Gasteiger partial charge in [0.2, 0.25) is 0 Å². The fourth-order valence-electron chi connectivity index (χ4n) is 2.57. The van der Waals surface area contributed by atoms with Crippen molar-refractivity contribution in [3.63, 3.8) is 0 Å². The first-order chi connectivity index (χ1) is 10.1. The Bertz CT molecular complexity index is 571. The number of likely N-dealkylation sites (tertiary alicyclic amines) is 1. The Balaban J connectivity index is 1.61. The number of rotatable bonds is 3. The molecule has 0 bridgehead atoms. The number of aliphatic imine (C=N–C) groups is 1. The van der Waals surface area contributed by atoms with Crippen LogP contribution in [-0.2, 0) is 6.54 Å². The summed E-state index contributed by atoms with van der Waals surface area (Å²) < 4.78 is 3.98. The molecular weight excluding hydrogens is 623 g/mol. The molecule has 0 unspecified atom stereocenters. The summed E-state index contributed by atoms with van der Waals surface area (Å²) in [5, 5.41) is 4.62. The lowest BCUT2D eigenvalue weighted by Crippen LogP contribution is -2.24. The highest BCUT2D eigenvalue weighted by atomic mass is 127. The van der Waals surface area contributed by atoms with Gasteiger partial charge in [0.25, 0.3) is 0 Å². The van der Waals surface area contributed by atoms with Crippen molar-refractivity contribution in [3.05, 3.63) is 22.3 Å². The quantitative estimate of drug-likeness (QED) is 0.387. The summed E-state index contributed by atoms with van der Waals surface area (Å²) in [4.78, 5) is 7.24. The highest BCUT2D eigenvalue weighted by Gasteiger charge is 2.19. The Labute approximate surface area is 170 Å². The number of amidine groups is 1. The number of benzene rings is 1. The molecule has 2 aliphatic heterocycles. The lowest BCUT2D eigenvalue weighted by molar-refractivity contribution is 0.362. The number of thioether (sulfide) groups is 1. The SMILES string of the molecule is Ic1cc2c(c(I)c1I)NC(SCCN1CCCC1)=NC2. The summed E-state index contributed by atoms with van der Waals surface area (Å²) in [7, 11) is 0. The zero-order chi connectivity index (χ0) is 14.8. The second kappa shape index (κ2) is 7.84. The van der Waals surface area contributed by atoms with Crippen LogP contribution in [-0.4, -0.2) is 35.5 Å². The molecule has 0 atom stereocenters. The van der Waals surface area contributed by atoms with E-state index >= 15 is 0 Å². The Hall–Kier alpha value is 1.19. The summed E-state index contributed by atoms with van der Waals surface area (Å²) in [5.41, 5.74) is 2.58. The van der Waals surface area contributed by atoms with Crippen molar-refractivity contribution in [3.8, 4) is 0 Å². The molecule has 1 aromatic rings. The minimum absolute atomic E-state index is 0.803. The Morgan fingerprint density at radius 2 is 1.95 bits per heavy atom. The summed E-state index contributed by atoms with van der Waals surface area (Å²) in [6.07, 6.45) is 2.74. The predicted molar refractivity (Wildman–Crippen MR) is 117 cm³/mol. The number of nitrogens with zero attached hydrogens (tertiary/aromatic N) is 2. The van der Waals surface area contributed by atoms with Crippen LogP contribution in [0.25, 0.3) is 0 Å². The van der Waals surface area contributed by atoms with Gasteiger partial charge in [0.15, 0.2) is 5.17 Å². The van der Waals surface area contributed by atoms with Gasteiger partial charge < -0.3 is 10.2 Å². The summed E-state index contributed by atoms with van der Waals surface area (Å²) in [6, 6.07) is 2.25. The molecule has 3 rings (SSSR count). The van der Waals surface area contributed by atoms with Crippen LogP contribution in [0, 0.1) is 10.7 Å². The van der Waals surface area contributed by atoms with Gasteiger partial charge in [0.05, 0.1) is 15.8 Å². The second-order valence-electron chi connectivity index (χ2n) is 5.16. The number of hydrogen-bond donors (Lipinski definition) is 1. The highest BCUT2D eigenvalue weighted by Crippen LogP contribution is 2.34. The zero-order valence-electron chi connectivity index (χ0n) is 11.5. The first-order valence-corrected chi connectivity index (χ1v) is 11.2. The third-order valence-electron chi connectivity index (χ3n) is 3.71. The standard InChI is InChI=1S/C14H16I3N3S/c15-10-7-9-8-18-14(19-13(9)12(17)11(10)16)21-6-5-20-3-1-2-4-20/h7H,1-6,8H2,(H,18,19). The van der Waals surface area contributed by atoms with Crippen LogP contribution in [0.3, 0.4) is 0 Å². The van der Waals surface area contributed by atoms with Crippen LogP contribution in [0.2, 0.25) is 0 Å². The third kappa shape index (κ3) is 4.18. The minimum Gasteiger partial charge on any atom is -0.334 e. The molecule has 1 saturated heterocycles. The van der Waals surface area contributed by atoms with E-state index in [0.717, 1.165) is 17.5 Å². The van der Waals surface area contributed by atoms with Crippen molar-refractivity contribution < 1.29 is 0 Å². The van der Waals surface area contributed by atoms with Gasteiger partial charge in [0.1, 0.15) is 0 Å².